The van der Waals surface area contributed by atoms with Crippen molar-refractivity contribution in [3.8, 4) is 0 Å². The summed E-state index contributed by atoms with van der Waals surface area (Å²) in [4.78, 5) is 9.48. The molecule has 2 fully saturated rings. The normalized spacial score (nSPS) is 23.7. The van der Waals surface area contributed by atoms with Gasteiger partial charge < -0.3 is 20.4 Å². The number of aliphatic imine (C=N–C) groups is 1. The predicted molar refractivity (Wildman–Crippen MR) is 124 cm³/mol. The van der Waals surface area contributed by atoms with Crippen LogP contribution in [0.15, 0.2) is 4.99 Å². The molecule has 1 atom stereocenters. The molecular formula is C18H38IN5O2S. The Morgan fingerprint density at radius 1 is 1.19 bits per heavy atom. The zero-order chi connectivity index (χ0) is 19.0. The summed E-state index contributed by atoms with van der Waals surface area (Å²) >= 11 is 0. The van der Waals surface area contributed by atoms with Crippen molar-refractivity contribution >= 4 is 39.8 Å². The molecule has 2 N–H and O–H groups in total. The number of hydrogen-bond acceptors (Lipinski definition) is 5. The van der Waals surface area contributed by atoms with Gasteiger partial charge in [0.2, 0.25) is 0 Å². The lowest BCUT2D eigenvalue weighted by molar-refractivity contribution is 0.212. The lowest BCUT2D eigenvalue weighted by atomic mass is 9.99. The molecule has 2 heterocycles. The fraction of sp³-hybridized carbons (Fsp3) is 0.944. The molecule has 160 valence electrons. The summed E-state index contributed by atoms with van der Waals surface area (Å²) < 4.78 is 22.6. The van der Waals surface area contributed by atoms with Gasteiger partial charge in [0.1, 0.15) is 9.84 Å². The minimum Gasteiger partial charge on any atom is -0.357 e. The van der Waals surface area contributed by atoms with Crippen LogP contribution in [0.3, 0.4) is 0 Å². The van der Waals surface area contributed by atoms with E-state index in [0.29, 0.717) is 18.5 Å². The molecule has 0 saturated carbocycles. The largest absolute Gasteiger partial charge is 0.357 e. The second-order valence-electron chi connectivity index (χ2n) is 7.88. The Hall–Kier alpha value is -0.130. The first-order valence-corrected chi connectivity index (χ1v) is 12.0. The Balaban J connectivity index is 0.00000364. The fourth-order valence-electron chi connectivity index (χ4n) is 3.75. The average Bonchev–Trinajstić information content (AvgIpc) is 2.59. The molecule has 2 saturated heterocycles. The predicted octanol–water partition coefficient (Wildman–Crippen LogP) is 1.01. The van der Waals surface area contributed by atoms with E-state index in [9.17, 15) is 8.42 Å². The number of piperidine rings is 2. The molecule has 7 nitrogen and oxygen atoms in total. The molecule has 0 aromatic carbocycles. The van der Waals surface area contributed by atoms with Crippen molar-refractivity contribution in [1.82, 2.24) is 20.4 Å². The molecule has 9 heteroatoms. The van der Waals surface area contributed by atoms with Crippen LogP contribution in [0.1, 0.15) is 32.6 Å². The quantitative estimate of drug-likeness (QED) is 0.300. The Morgan fingerprint density at radius 3 is 2.48 bits per heavy atom. The molecule has 0 aromatic rings. The maximum Gasteiger partial charge on any atom is 0.191 e. The first-order valence-electron chi connectivity index (χ1n) is 9.99. The van der Waals surface area contributed by atoms with E-state index >= 15 is 0 Å². The van der Waals surface area contributed by atoms with Crippen LogP contribution in [-0.4, -0.2) is 95.1 Å². The van der Waals surface area contributed by atoms with Gasteiger partial charge in [0.15, 0.2) is 5.96 Å². The van der Waals surface area contributed by atoms with Gasteiger partial charge >= 0.3 is 0 Å². The Kier molecular flexibility index (Phi) is 11.5. The number of guanidine groups is 1. The highest BCUT2D eigenvalue weighted by atomic mass is 127. The van der Waals surface area contributed by atoms with Crippen molar-refractivity contribution in [3.63, 3.8) is 0 Å². The molecular weight excluding hydrogens is 477 g/mol. The van der Waals surface area contributed by atoms with Gasteiger partial charge in [0.05, 0.1) is 5.75 Å². The van der Waals surface area contributed by atoms with E-state index in [1.54, 1.807) is 0 Å². The standard InChI is InChI=1S/C18H37N5O2S.HI/c1-4-19-18(20-14-16-6-5-9-22(2)15-16)21-17-7-10-23(11-8-17)12-13-26(3,24)25;/h16-17H,4-15H2,1-3H3,(H2,19,20,21);1H. The van der Waals surface area contributed by atoms with Crippen molar-refractivity contribution in [3.05, 3.63) is 0 Å². The molecule has 0 amide bonds. The molecule has 2 aliphatic heterocycles. The van der Waals surface area contributed by atoms with Crippen molar-refractivity contribution < 1.29 is 8.42 Å². The number of hydrogen-bond donors (Lipinski definition) is 2. The number of nitrogens with zero attached hydrogens (tertiary/aromatic N) is 3. The monoisotopic (exact) mass is 515 g/mol. The molecule has 0 radical (unpaired) electrons. The van der Waals surface area contributed by atoms with Gasteiger partial charge in [-0.3, -0.25) is 4.99 Å². The first kappa shape index (κ1) is 24.9. The van der Waals surface area contributed by atoms with Crippen LogP contribution < -0.4 is 10.6 Å². The maximum atomic E-state index is 11.3. The van der Waals surface area contributed by atoms with Crippen LogP contribution in [0.25, 0.3) is 0 Å². The highest BCUT2D eigenvalue weighted by Crippen LogP contribution is 2.15. The Bertz CT molecular complexity index is 550. The molecule has 0 aliphatic carbocycles. The SMILES string of the molecule is CCNC(=NCC1CCCN(C)C1)NC1CCN(CCS(C)(=O)=O)CC1.I. The minimum absolute atomic E-state index is 0. The summed E-state index contributed by atoms with van der Waals surface area (Å²) in [5, 5.41) is 6.95. The lowest BCUT2D eigenvalue weighted by Gasteiger charge is -2.33. The van der Waals surface area contributed by atoms with E-state index in [4.69, 9.17) is 4.99 Å². The molecule has 2 aliphatic rings. The average molecular weight is 516 g/mol. The summed E-state index contributed by atoms with van der Waals surface area (Å²) in [5.74, 6) is 1.84. The van der Waals surface area contributed by atoms with E-state index in [-0.39, 0.29) is 29.7 Å². The minimum atomic E-state index is -2.88. The van der Waals surface area contributed by atoms with E-state index in [2.05, 4.69) is 34.4 Å². The molecule has 0 bridgehead atoms. The number of likely N-dealkylation sites (tertiary alicyclic amines) is 2. The lowest BCUT2D eigenvalue weighted by Crippen LogP contribution is -2.49. The maximum absolute atomic E-state index is 11.3. The first-order chi connectivity index (χ1) is 12.4. The van der Waals surface area contributed by atoms with E-state index in [0.717, 1.165) is 51.5 Å². The number of nitrogens with one attached hydrogen (secondary N) is 2. The smallest absolute Gasteiger partial charge is 0.191 e. The van der Waals surface area contributed by atoms with Crippen LogP contribution in [0.5, 0.6) is 0 Å². The van der Waals surface area contributed by atoms with E-state index < -0.39 is 9.84 Å². The van der Waals surface area contributed by atoms with Gasteiger partial charge in [-0.15, -0.1) is 24.0 Å². The second-order valence-corrected chi connectivity index (χ2v) is 10.1. The van der Waals surface area contributed by atoms with Crippen LogP contribution in [-0.2, 0) is 9.84 Å². The zero-order valence-corrected chi connectivity index (χ0v) is 20.3. The third kappa shape index (κ3) is 10.3. The Morgan fingerprint density at radius 2 is 1.89 bits per heavy atom. The van der Waals surface area contributed by atoms with Crippen LogP contribution in [0, 0.1) is 5.92 Å². The zero-order valence-electron chi connectivity index (χ0n) is 17.1. The second kappa shape index (κ2) is 12.4. The van der Waals surface area contributed by atoms with E-state index in [1.807, 2.05) is 0 Å². The molecule has 1 unspecified atom stereocenters. The van der Waals surface area contributed by atoms with Gasteiger partial charge in [-0.25, -0.2) is 8.42 Å². The summed E-state index contributed by atoms with van der Waals surface area (Å²) in [6, 6.07) is 0.413. The van der Waals surface area contributed by atoms with Gasteiger partial charge in [-0.1, -0.05) is 0 Å². The van der Waals surface area contributed by atoms with Crippen molar-refractivity contribution in [1.29, 1.82) is 0 Å². The highest BCUT2D eigenvalue weighted by Gasteiger charge is 2.21. The summed E-state index contributed by atoms with van der Waals surface area (Å²) in [6.07, 6.45) is 5.91. The molecule has 0 spiro atoms. The summed E-state index contributed by atoms with van der Waals surface area (Å²) in [5.41, 5.74) is 0. The van der Waals surface area contributed by atoms with Gasteiger partial charge in [-0.05, 0) is 52.1 Å². The van der Waals surface area contributed by atoms with Crippen molar-refractivity contribution in [2.24, 2.45) is 10.9 Å². The third-order valence-electron chi connectivity index (χ3n) is 5.28. The summed E-state index contributed by atoms with van der Waals surface area (Å²) in [7, 11) is -0.684. The van der Waals surface area contributed by atoms with E-state index in [1.165, 1.54) is 25.6 Å². The molecule has 0 aromatic heterocycles. The summed E-state index contributed by atoms with van der Waals surface area (Å²) in [6.45, 7) is 8.73. The number of rotatable bonds is 7. The van der Waals surface area contributed by atoms with Gasteiger partial charge in [0.25, 0.3) is 0 Å². The van der Waals surface area contributed by atoms with Crippen LogP contribution in [0.4, 0.5) is 0 Å². The molecule has 2 rings (SSSR count). The number of sulfone groups is 1. The van der Waals surface area contributed by atoms with Crippen LogP contribution in [0.2, 0.25) is 0 Å². The van der Waals surface area contributed by atoms with Gasteiger partial charge in [-0.2, -0.15) is 0 Å². The molecule has 27 heavy (non-hydrogen) atoms. The number of halogens is 1. The fourth-order valence-corrected chi connectivity index (χ4v) is 4.34. The van der Waals surface area contributed by atoms with Gasteiger partial charge in [0, 0.05) is 51.6 Å². The Labute approximate surface area is 182 Å². The highest BCUT2D eigenvalue weighted by molar-refractivity contribution is 14.0. The van der Waals surface area contributed by atoms with Crippen molar-refractivity contribution in [2.45, 2.75) is 38.6 Å². The van der Waals surface area contributed by atoms with Crippen molar-refractivity contribution in [2.75, 3.05) is 64.9 Å². The van der Waals surface area contributed by atoms with Crippen LogP contribution >= 0.6 is 24.0 Å². The topological polar surface area (TPSA) is 77.0 Å². The third-order valence-corrected chi connectivity index (χ3v) is 6.20.